The van der Waals surface area contributed by atoms with Crippen LogP contribution in [0.3, 0.4) is 0 Å². The van der Waals surface area contributed by atoms with Gasteiger partial charge in [-0.25, -0.2) is 9.69 Å². The number of benzene rings is 6. The molecule has 1 aliphatic heterocycles. The van der Waals surface area contributed by atoms with Gasteiger partial charge in [-0.3, -0.25) is 0 Å². The molecular weight excluding hydrogens is 569 g/mol. The van der Waals surface area contributed by atoms with E-state index in [4.69, 9.17) is 13.1 Å². The summed E-state index contributed by atoms with van der Waals surface area (Å²) in [6.07, 6.45) is 0. The van der Waals surface area contributed by atoms with E-state index in [1.54, 1.807) is 0 Å². The molecule has 0 radical (unpaired) electrons. The van der Waals surface area contributed by atoms with E-state index in [0.29, 0.717) is 11.4 Å². The first-order valence-electron chi connectivity index (χ1n) is 14.9. The summed E-state index contributed by atoms with van der Waals surface area (Å²) in [7, 11) is 0. The van der Waals surface area contributed by atoms with Crippen LogP contribution in [0.2, 0.25) is 0 Å². The molecule has 4 nitrogen and oxygen atoms in total. The predicted molar refractivity (Wildman–Crippen MR) is 188 cm³/mol. The summed E-state index contributed by atoms with van der Waals surface area (Å²) in [5, 5.41) is 4.52. The zero-order chi connectivity index (χ0) is 30.1. The second kappa shape index (κ2) is 9.89. The quantitative estimate of drug-likeness (QED) is 0.183. The van der Waals surface area contributed by atoms with Gasteiger partial charge in [-0.15, -0.1) is 0 Å². The molecule has 6 aromatic carbocycles. The predicted octanol–water partition coefficient (Wildman–Crippen LogP) is 11.4. The van der Waals surface area contributed by atoms with Crippen molar-refractivity contribution in [2.24, 2.45) is 0 Å². The Kier molecular flexibility index (Phi) is 5.65. The van der Waals surface area contributed by atoms with E-state index >= 15 is 0 Å². The van der Waals surface area contributed by atoms with Crippen LogP contribution < -0.4 is 0 Å². The van der Waals surface area contributed by atoms with Crippen molar-refractivity contribution in [3.05, 3.63) is 155 Å². The Labute approximate surface area is 264 Å². The summed E-state index contributed by atoms with van der Waals surface area (Å²) in [4.78, 5) is 7.38. The molecule has 0 atom stereocenters. The zero-order valence-corrected chi connectivity index (χ0v) is 25.0. The molecule has 0 bridgehead atoms. The first kappa shape index (κ1) is 25.7. The number of rotatable bonds is 2. The summed E-state index contributed by atoms with van der Waals surface area (Å²) in [5.74, 6) is 1.89. The lowest BCUT2D eigenvalue weighted by Gasteiger charge is -2.16. The Morgan fingerprint density at radius 1 is 0.467 bits per heavy atom. The molecule has 5 heteroatoms. The van der Waals surface area contributed by atoms with Crippen LogP contribution in [0.1, 0.15) is 11.1 Å². The third kappa shape index (κ3) is 3.85. The molecular formula is C40H24N4S. The maximum absolute atomic E-state index is 7.55. The lowest BCUT2D eigenvalue weighted by molar-refractivity contribution is 1.16. The largest absolute Gasteiger partial charge is 0.309 e. The maximum atomic E-state index is 7.55. The van der Waals surface area contributed by atoms with Crippen molar-refractivity contribution in [1.29, 1.82) is 0 Å². The van der Waals surface area contributed by atoms with E-state index in [2.05, 4.69) is 116 Å². The van der Waals surface area contributed by atoms with Crippen molar-refractivity contribution in [3.63, 3.8) is 0 Å². The van der Waals surface area contributed by atoms with Gasteiger partial charge in [-0.05, 0) is 93.7 Å². The van der Waals surface area contributed by atoms with Gasteiger partial charge in [-0.2, -0.15) is 11.8 Å². The Hall–Kier alpha value is -5.75. The van der Waals surface area contributed by atoms with Crippen LogP contribution in [0.5, 0.6) is 0 Å². The van der Waals surface area contributed by atoms with Gasteiger partial charge in [0.25, 0.3) is 0 Å². The highest BCUT2D eigenvalue weighted by Crippen LogP contribution is 2.42. The van der Waals surface area contributed by atoms with Crippen LogP contribution >= 0.6 is 11.8 Å². The molecule has 0 saturated carbocycles. The molecule has 0 fully saturated rings. The number of thioether (sulfide) groups is 1. The first-order valence-corrected chi connectivity index (χ1v) is 16.0. The van der Waals surface area contributed by atoms with E-state index in [-0.39, 0.29) is 0 Å². The smallest absolute Gasteiger partial charge is 0.188 e. The van der Waals surface area contributed by atoms with E-state index < -0.39 is 0 Å². The molecule has 0 N–H and O–H groups in total. The molecule has 0 spiro atoms. The average Bonchev–Trinajstić information content (AvgIpc) is 3.53. The number of hydrogen-bond acceptors (Lipinski definition) is 1. The van der Waals surface area contributed by atoms with Gasteiger partial charge < -0.3 is 9.13 Å². The van der Waals surface area contributed by atoms with E-state index in [1.807, 2.05) is 36.0 Å². The van der Waals surface area contributed by atoms with Gasteiger partial charge in [0.2, 0.25) is 0 Å². The summed E-state index contributed by atoms with van der Waals surface area (Å²) >= 11 is 1.95. The summed E-state index contributed by atoms with van der Waals surface area (Å²) in [6.45, 7) is 15.1. The molecule has 0 aliphatic carbocycles. The SMILES string of the molecule is [C-]#[N+]c1ccc2c(c1)c1ccccc1n2-c1ccc2c(c1)CSCc1ccc(-n3c4ccccc4c4cc([N+]#[C-])ccc43)cc1-2. The Morgan fingerprint density at radius 2 is 1.00 bits per heavy atom. The number of hydrogen-bond donors (Lipinski definition) is 0. The molecule has 3 heterocycles. The zero-order valence-electron chi connectivity index (χ0n) is 24.2. The lowest BCUT2D eigenvalue weighted by Crippen LogP contribution is -1.98. The number of para-hydroxylation sites is 2. The van der Waals surface area contributed by atoms with Crippen molar-refractivity contribution < 1.29 is 0 Å². The maximum Gasteiger partial charge on any atom is 0.188 e. The van der Waals surface area contributed by atoms with Crippen LogP contribution in [-0.2, 0) is 11.5 Å². The Balaban J connectivity index is 1.23. The highest BCUT2D eigenvalue weighted by atomic mass is 32.2. The summed E-state index contributed by atoms with van der Waals surface area (Å²) < 4.78 is 4.67. The highest BCUT2D eigenvalue weighted by Gasteiger charge is 2.20. The van der Waals surface area contributed by atoms with Crippen molar-refractivity contribution in [1.82, 2.24) is 9.13 Å². The summed E-state index contributed by atoms with van der Waals surface area (Å²) in [6, 6.07) is 42.7. The fourth-order valence-corrected chi connectivity index (χ4v) is 8.10. The van der Waals surface area contributed by atoms with Crippen LogP contribution in [0.25, 0.3) is 75.8 Å². The number of nitrogens with zero attached hydrogens (tertiary/aromatic N) is 4. The first-order chi connectivity index (χ1) is 22.2. The average molecular weight is 593 g/mol. The number of aromatic nitrogens is 2. The van der Waals surface area contributed by atoms with Gasteiger partial charge in [-0.1, -0.05) is 60.7 Å². The second-order valence-electron chi connectivity index (χ2n) is 11.5. The normalized spacial score (nSPS) is 12.6. The minimum atomic E-state index is 0.657. The van der Waals surface area contributed by atoms with E-state index in [0.717, 1.165) is 66.5 Å². The van der Waals surface area contributed by atoms with Crippen molar-refractivity contribution in [2.45, 2.75) is 11.5 Å². The molecule has 210 valence electrons. The van der Waals surface area contributed by atoms with Crippen LogP contribution in [0.4, 0.5) is 11.4 Å². The Morgan fingerprint density at radius 3 is 1.62 bits per heavy atom. The third-order valence-electron chi connectivity index (χ3n) is 9.07. The molecule has 8 aromatic rings. The van der Waals surface area contributed by atoms with Gasteiger partial charge in [0.1, 0.15) is 0 Å². The van der Waals surface area contributed by atoms with E-state index in [1.165, 1.54) is 22.3 Å². The van der Waals surface area contributed by atoms with Gasteiger partial charge in [0.15, 0.2) is 11.4 Å². The van der Waals surface area contributed by atoms with Crippen molar-refractivity contribution in [3.8, 4) is 22.5 Å². The number of fused-ring (bicyclic) bond motifs is 9. The lowest BCUT2D eigenvalue weighted by atomic mass is 9.95. The molecule has 1 aliphatic rings. The Bertz CT molecular complexity index is 2610. The second-order valence-corrected chi connectivity index (χ2v) is 12.5. The topological polar surface area (TPSA) is 18.6 Å². The monoisotopic (exact) mass is 592 g/mol. The van der Waals surface area contributed by atoms with Gasteiger partial charge in [0.05, 0.1) is 35.2 Å². The minimum absolute atomic E-state index is 0.657. The van der Waals surface area contributed by atoms with Crippen molar-refractivity contribution in [2.75, 3.05) is 0 Å². The fraction of sp³-hybridized carbons (Fsp3) is 0.0500. The molecule has 0 amide bonds. The highest BCUT2D eigenvalue weighted by molar-refractivity contribution is 7.97. The standard InChI is InChI=1S/C40H24N4S/c1-41-27-12-17-39-35(20-27)32-7-3-5-9-37(32)43(39)29-15-16-31-26(19-29)24-45-23-25-11-14-30(22-34(25)31)44-38-10-6-4-8-33(38)36-21-28(42-2)13-18-40(36)44/h3-22H,23-24H2. The van der Waals surface area contributed by atoms with Crippen molar-refractivity contribution >= 4 is 66.7 Å². The van der Waals surface area contributed by atoms with Gasteiger partial charge in [0, 0.05) is 33.7 Å². The van der Waals surface area contributed by atoms with Crippen LogP contribution in [-0.4, -0.2) is 9.13 Å². The summed E-state index contributed by atoms with van der Waals surface area (Å²) in [5.41, 5.74) is 13.3. The minimum Gasteiger partial charge on any atom is -0.309 e. The van der Waals surface area contributed by atoms with Crippen LogP contribution in [0.15, 0.2) is 121 Å². The fourth-order valence-electron chi connectivity index (χ4n) is 7.07. The molecule has 9 rings (SSSR count). The van der Waals surface area contributed by atoms with E-state index in [9.17, 15) is 0 Å². The third-order valence-corrected chi connectivity index (χ3v) is 10.1. The van der Waals surface area contributed by atoms with Crippen LogP contribution in [0, 0.1) is 13.1 Å². The van der Waals surface area contributed by atoms with Gasteiger partial charge >= 0.3 is 0 Å². The molecule has 2 aromatic heterocycles. The molecule has 0 saturated heterocycles. The molecule has 0 unspecified atom stereocenters. The molecule has 45 heavy (non-hydrogen) atoms.